The van der Waals surface area contributed by atoms with Gasteiger partial charge in [-0.3, -0.25) is 9.48 Å². The van der Waals surface area contributed by atoms with E-state index in [0.717, 1.165) is 4.68 Å². The van der Waals surface area contributed by atoms with Crippen LogP contribution in [0.1, 0.15) is 23.0 Å². The molecule has 1 heterocycles. The van der Waals surface area contributed by atoms with Crippen LogP contribution in [0.4, 0.5) is 13.2 Å². The van der Waals surface area contributed by atoms with Crippen LogP contribution in [0.25, 0.3) is 0 Å². The van der Waals surface area contributed by atoms with E-state index in [2.05, 4.69) is 5.10 Å². The zero-order chi connectivity index (χ0) is 10.1. The molecule has 0 amide bonds. The Hall–Kier alpha value is -1.33. The number of aryl methyl sites for hydroxylation is 1. The molecule has 0 aliphatic rings. The van der Waals surface area contributed by atoms with Gasteiger partial charge in [-0.1, -0.05) is 0 Å². The van der Waals surface area contributed by atoms with E-state index in [0.29, 0.717) is 6.20 Å². The highest BCUT2D eigenvalue weighted by Gasteiger charge is 2.35. The average molecular weight is 192 g/mol. The number of nitrogens with zero attached hydrogens (tertiary/aromatic N) is 2. The number of aromatic nitrogens is 2. The summed E-state index contributed by atoms with van der Waals surface area (Å²) in [6, 6.07) is 0. The van der Waals surface area contributed by atoms with Crippen LogP contribution in [-0.2, 0) is 12.7 Å². The predicted octanol–water partition coefficient (Wildman–Crippen LogP) is 1.73. The van der Waals surface area contributed by atoms with Crippen LogP contribution in [0.3, 0.4) is 0 Å². The molecule has 0 aliphatic carbocycles. The van der Waals surface area contributed by atoms with Crippen LogP contribution < -0.4 is 0 Å². The third kappa shape index (κ3) is 1.71. The fourth-order valence-corrected chi connectivity index (χ4v) is 0.990. The highest BCUT2D eigenvalue weighted by atomic mass is 19.4. The van der Waals surface area contributed by atoms with Gasteiger partial charge in [0.2, 0.25) is 0 Å². The zero-order valence-corrected chi connectivity index (χ0v) is 6.80. The fraction of sp³-hybridized carbons (Fsp3) is 0.429. The molecule has 6 heteroatoms. The number of halogens is 3. The number of carbonyl (C=O) groups is 1. The van der Waals surface area contributed by atoms with E-state index in [9.17, 15) is 18.0 Å². The molecular formula is C7H7F3N2O. The molecule has 0 N–H and O–H groups in total. The number of hydrogen-bond donors (Lipinski definition) is 0. The summed E-state index contributed by atoms with van der Waals surface area (Å²) >= 11 is 0. The largest absolute Gasteiger partial charge is 0.420 e. The monoisotopic (exact) mass is 192 g/mol. The minimum absolute atomic E-state index is 0.166. The molecule has 0 saturated carbocycles. The molecule has 1 aromatic heterocycles. The number of aldehydes is 1. The first kappa shape index (κ1) is 9.76. The summed E-state index contributed by atoms with van der Waals surface area (Å²) in [6.45, 7) is 1.85. The Morgan fingerprint density at radius 3 is 2.62 bits per heavy atom. The number of hydrogen-bond acceptors (Lipinski definition) is 2. The van der Waals surface area contributed by atoms with Gasteiger partial charge in [0.15, 0.2) is 6.29 Å². The van der Waals surface area contributed by atoms with Gasteiger partial charge in [-0.2, -0.15) is 18.3 Å². The van der Waals surface area contributed by atoms with Crippen molar-refractivity contribution in [3.8, 4) is 0 Å². The topological polar surface area (TPSA) is 34.9 Å². The lowest BCUT2D eigenvalue weighted by molar-refractivity contribution is -0.137. The molecule has 0 aliphatic heterocycles. The second-order valence-electron chi connectivity index (χ2n) is 2.37. The van der Waals surface area contributed by atoms with Crippen LogP contribution >= 0.6 is 0 Å². The van der Waals surface area contributed by atoms with Crippen LogP contribution in [0.15, 0.2) is 6.20 Å². The van der Waals surface area contributed by atoms with Gasteiger partial charge in [-0.15, -0.1) is 0 Å². The van der Waals surface area contributed by atoms with Crippen LogP contribution in [0.5, 0.6) is 0 Å². The lowest BCUT2D eigenvalue weighted by Gasteiger charge is -2.04. The summed E-state index contributed by atoms with van der Waals surface area (Å²) in [5.41, 5.74) is -1.40. The molecule has 0 unspecified atom stereocenters. The van der Waals surface area contributed by atoms with Crippen LogP contribution in [0, 0.1) is 0 Å². The van der Waals surface area contributed by atoms with Crippen LogP contribution in [-0.4, -0.2) is 16.1 Å². The predicted molar refractivity (Wildman–Crippen MR) is 38.3 cm³/mol. The first-order valence-electron chi connectivity index (χ1n) is 3.59. The Balaban J connectivity index is 3.23. The van der Waals surface area contributed by atoms with Crippen molar-refractivity contribution in [1.82, 2.24) is 9.78 Å². The Morgan fingerprint density at radius 1 is 1.62 bits per heavy atom. The summed E-state index contributed by atoms with van der Waals surface area (Å²) in [5, 5.41) is 3.44. The van der Waals surface area contributed by atoms with Crippen molar-refractivity contribution in [2.75, 3.05) is 0 Å². The third-order valence-corrected chi connectivity index (χ3v) is 1.60. The molecule has 1 rings (SSSR count). The quantitative estimate of drug-likeness (QED) is 0.669. The van der Waals surface area contributed by atoms with Gasteiger partial charge in [-0.05, 0) is 6.92 Å². The van der Waals surface area contributed by atoms with Crippen molar-refractivity contribution in [2.24, 2.45) is 0 Å². The second-order valence-corrected chi connectivity index (χ2v) is 2.37. The summed E-state index contributed by atoms with van der Waals surface area (Å²) < 4.78 is 37.5. The van der Waals surface area contributed by atoms with Gasteiger partial charge < -0.3 is 0 Å². The van der Waals surface area contributed by atoms with Crippen molar-refractivity contribution in [2.45, 2.75) is 19.6 Å². The first-order valence-corrected chi connectivity index (χ1v) is 3.59. The average Bonchev–Trinajstić information content (AvgIpc) is 2.45. The van der Waals surface area contributed by atoms with Crippen LogP contribution in [0.2, 0.25) is 0 Å². The summed E-state index contributed by atoms with van der Waals surface area (Å²) in [5.74, 6) is 0. The van der Waals surface area contributed by atoms with E-state index in [1.807, 2.05) is 0 Å². The maximum absolute atomic E-state index is 12.2. The SMILES string of the molecule is CCn1ncc(C(F)(F)F)c1C=O. The van der Waals surface area contributed by atoms with E-state index in [1.54, 1.807) is 6.92 Å². The number of alkyl halides is 3. The van der Waals surface area contributed by atoms with Crippen molar-refractivity contribution in [3.63, 3.8) is 0 Å². The van der Waals surface area contributed by atoms with Crippen molar-refractivity contribution < 1.29 is 18.0 Å². The molecule has 0 radical (unpaired) electrons. The lowest BCUT2D eigenvalue weighted by atomic mass is 10.2. The minimum Gasteiger partial charge on any atom is -0.296 e. The zero-order valence-electron chi connectivity index (χ0n) is 6.80. The van der Waals surface area contributed by atoms with Gasteiger partial charge >= 0.3 is 6.18 Å². The Kier molecular flexibility index (Phi) is 2.40. The summed E-state index contributed by atoms with van der Waals surface area (Å²) in [4.78, 5) is 10.4. The van der Waals surface area contributed by atoms with Gasteiger partial charge in [0, 0.05) is 6.54 Å². The normalized spacial score (nSPS) is 11.7. The number of carbonyl (C=O) groups excluding carboxylic acids is 1. The maximum Gasteiger partial charge on any atom is 0.420 e. The van der Waals surface area contributed by atoms with Crippen molar-refractivity contribution >= 4 is 6.29 Å². The van der Waals surface area contributed by atoms with Gasteiger partial charge in [0.25, 0.3) is 0 Å². The smallest absolute Gasteiger partial charge is 0.296 e. The van der Waals surface area contributed by atoms with E-state index in [4.69, 9.17) is 0 Å². The standard InChI is InChI=1S/C7H7F3N2O/c1-2-12-6(4-13)5(3-11-12)7(8,9)10/h3-4H,2H2,1H3. The van der Waals surface area contributed by atoms with E-state index < -0.39 is 17.4 Å². The Morgan fingerprint density at radius 2 is 2.23 bits per heavy atom. The van der Waals surface area contributed by atoms with Gasteiger partial charge in [-0.25, -0.2) is 0 Å². The van der Waals surface area contributed by atoms with E-state index in [1.165, 1.54) is 0 Å². The molecule has 1 aromatic rings. The molecule has 0 aromatic carbocycles. The Bertz CT molecular complexity index is 316. The number of rotatable bonds is 2. The molecule has 13 heavy (non-hydrogen) atoms. The highest BCUT2D eigenvalue weighted by molar-refractivity contribution is 5.74. The highest BCUT2D eigenvalue weighted by Crippen LogP contribution is 2.30. The molecule has 3 nitrogen and oxygen atoms in total. The molecule has 0 spiro atoms. The summed E-state index contributed by atoms with van der Waals surface area (Å²) in [7, 11) is 0. The molecular weight excluding hydrogens is 185 g/mol. The van der Waals surface area contributed by atoms with Gasteiger partial charge in [0.05, 0.1) is 6.20 Å². The van der Waals surface area contributed by atoms with Crippen molar-refractivity contribution in [1.29, 1.82) is 0 Å². The van der Waals surface area contributed by atoms with Gasteiger partial charge in [0.1, 0.15) is 11.3 Å². The summed E-state index contributed by atoms with van der Waals surface area (Å²) in [6.07, 6.45) is -3.68. The third-order valence-electron chi connectivity index (χ3n) is 1.60. The van der Waals surface area contributed by atoms with E-state index >= 15 is 0 Å². The fourth-order valence-electron chi connectivity index (χ4n) is 0.990. The van der Waals surface area contributed by atoms with Crippen molar-refractivity contribution in [3.05, 3.63) is 17.5 Å². The second kappa shape index (κ2) is 3.20. The molecule has 0 atom stereocenters. The first-order chi connectivity index (χ1) is 6.00. The maximum atomic E-state index is 12.2. The van der Waals surface area contributed by atoms with E-state index in [-0.39, 0.29) is 12.8 Å². The Labute approximate surface area is 72.2 Å². The molecule has 0 bridgehead atoms. The molecule has 0 fully saturated rings. The molecule has 0 saturated heterocycles. The lowest BCUT2D eigenvalue weighted by Crippen LogP contribution is -2.10. The molecule has 72 valence electrons. The minimum atomic E-state index is -4.51.